The fraction of sp³-hybridized carbons (Fsp3) is 0.615. The van der Waals surface area contributed by atoms with E-state index in [0.717, 1.165) is 12.8 Å². The lowest BCUT2D eigenvalue weighted by Crippen LogP contribution is -2.29. The molecule has 1 aromatic carbocycles. The third-order valence-corrected chi connectivity index (χ3v) is 6.36. The van der Waals surface area contributed by atoms with Gasteiger partial charge >= 0.3 is 0 Å². The number of benzene rings is 1. The van der Waals surface area contributed by atoms with Crippen molar-refractivity contribution >= 4 is 33.4 Å². The maximum atomic E-state index is 12.4. The number of carbonyl (C=O) groups is 2. The van der Waals surface area contributed by atoms with Gasteiger partial charge in [0, 0.05) is 18.0 Å². The van der Waals surface area contributed by atoms with E-state index in [1.54, 1.807) is 33.7 Å². The molecule has 0 aliphatic heterocycles. The lowest BCUT2D eigenvalue weighted by Gasteiger charge is -2.17. The fourth-order valence-electron chi connectivity index (χ4n) is 2.77. The third kappa shape index (κ3) is 16.4. The summed E-state index contributed by atoms with van der Waals surface area (Å²) in [6.45, 7) is 10.2. The standard InChI is InChI=1S/C26H40N2O5S2/c1-20(2)9-7-13-27-24(29)18-31-15-16-32-25(35-34-5)19-33-23-12-6-11-22(17-23)26(30)28-14-8-10-21(3)4/h6,11-12,17,20-21,25H,8,10,13-16,18-19H2,1-5H3,(H,27,29)(H,28,30)/t25-/m1/s1. The van der Waals surface area contributed by atoms with Gasteiger partial charge in [-0.05, 0) is 43.2 Å². The van der Waals surface area contributed by atoms with Gasteiger partial charge in [-0.1, -0.05) is 67.2 Å². The van der Waals surface area contributed by atoms with Crippen LogP contribution in [0.4, 0.5) is 0 Å². The van der Waals surface area contributed by atoms with Crippen molar-refractivity contribution in [2.75, 3.05) is 45.8 Å². The number of rotatable bonds is 17. The predicted octanol–water partition coefficient (Wildman–Crippen LogP) is 4.38. The number of hydrogen-bond donors (Lipinski definition) is 2. The van der Waals surface area contributed by atoms with Crippen LogP contribution in [-0.2, 0) is 14.3 Å². The van der Waals surface area contributed by atoms with Gasteiger partial charge in [0.25, 0.3) is 5.91 Å². The second-order valence-corrected chi connectivity index (χ2v) is 11.1. The molecule has 0 spiro atoms. The molecule has 0 heterocycles. The summed E-state index contributed by atoms with van der Waals surface area (Å²) >= 11 is 0. The zero-order chi connectivity index (χ0) is 25.9. The lowest BCUT2D eigenvalue weighted by atomic mass is 10.1. The van der Waals surface area contributed by atoms with Gasteiger partial charge in [0.15, 0.2) is 0 Å². The molecule has 0 fully saturated rings. The Morgan fingerprint density at radius 1 is 1.11 bits per heavy atom. The molecule has 196 valence electrons. The number of carbonyl (C=O) groups excluding carboxylic acids is 2. The van der Waals surface area contributed by atoms with E-state index in [1.807, 2.05) is 32.2 Å². The maximum absolute atomic E-state index is 12.4. The van der Waals surface area contributed by atoms with Gasteiger partial charge in [-0.15, -0.1) is 0 Å². The van der Waals surface area contributed by atoms with Gasteiger partial charge in [-0.2, -0.15) is 0 Å². The number of ether oxygens (including phenoxy) is 3. The molecule has 0 bridgehead atoms. The summed E-state index contributed by atoms with van der Waals surface area (Å²) in [5, 5.41) is 5.65. The Labute approximate surface area is 218 Å². The van der Waals surface area contributed by atoms with E-state index in [0.29, 0.717) is 50.1 Å². The molecule has 0 aromatic heterocycles. The minimum atomic E-state index is -0.220. The van der Waals surface area contributed by atoms with Gasteiger partial charge in [-0.25, -0.2) is 0 Å². The smallest absolute Gasteiger partial charge is 0.251 e. The van der Waals surface area contributed by atoms with E-state index < -0.39 is 0 Å². The monoisotopic (exact) mass is 524 g/mol. The fourth-order valence-corrected chi connectivity index (χ4v) is 4.24. The first-order valence-electron chi connectivity index (χ1n) is 12.0. The molecule has 1 rings (SSSR count). The first-order chi connectivity index (χ1) is 16.8. The van der Waals surface area contributed by atoms with E-state index in [4.69, 9.17) is 14.2 Å². The molecule has 9 heteroatoms. The molecule has 0 saturated heterocycles. The van der Waals surface area contributed by atoms with Crippen LogP contribution in [0.3, 0.4) is 0 Å². The molecule has 0 aliphatic rings. The van der Waals surface area contributed by atoms with Crippen LogP contribution >= 0.6 is 21.6 Å². The molecule has 0 radical (unpaired) electrons. The van der Waals surface area contributed by atoms with Crippen LogP contribution in [-0.4, -0.2) is 63.0 Å². The summed E-state index contributed by atoms with van der Waals surface area (Å²) in [5.74, 6) is 7.10. The Kier molecular flexibility index (Phi) is 17.2. The van der Waals surface area contributed by atoms with Crippen molar-refractivity contribution in [3.05, 3.63) is 29.8 Å². The topological polar surface area (TPSA) is 85.9 Å². The van der Waals surface area contributed by atoms with Crippen molar-refractivity contribution in [2.45, 2.75) is 46.0 Å². The Bertz CT molecular complexity index is 808. The highest BCUT2D eigenvalue weighted by Gasteiger charge is 2.12. The Balaban J connectivity index is 2.34. The van der Waals surface area contributed by atoms with Gasteiger partial charge < -0.3 is 24.8 Å². The van der Waals surface area contributed by atoms with Crippen molar-refractivity contribution in [3.8, 4) is 17.6 Å². The van der Waals surface area contributed by atoms with E-state index in [-0.39, 0.29) is 29.8 Å². The quantitative estimate of drug-likeness (QED) is 0.135. The SMILES string of the molecule is CSS[C@H](COc1cccc(C(=O)NCCCC(C)C)c1)OCCOCC(=O)NCC#CC(C)C. The largest absolute Gasteiger partial charge is 0.490 e. The van der Waals surface area contributed by atoms with E-state index in [1.165, 1.54) is 0 Å². The van der Waals surface area contributed by atoms with E-state index >= 15 is 0 Å². The molecule has 0 unspecified atom stereocenters. The van der Waals surface area contributed by atoms with Crippen molar-refractivity contribution in [3.63, 3.8) is 0 Å². The highest BCUT2D eigenvalue weighted by Crippen LogP contribution is 2.25. The molecule has 35 heavy (non-hydrogen) atoms. The van der Waals surface area contributed by atoms with Crippen molar-refractivity contribution in [2.24, 2.45) is 11.8 Å². The zero-order valence-corrected chi connectivity index (χ0v) is 23.2. The normalized spacial score (nSPS) is 11.6. The maximum Gasteiger partial charge on any atom is 0.251 e. The van der Waals surface area contributed by atoms with E-state index in [9.17, 15) is 9.59 Å². The molecule has 0 saturated carbocycles. The number of amides is 2. The highest BCUT2D eigenvalue weighted by molar-refractivity contribution is 8.76. The second kappa shape index (κ2) is 19.3. The number of nitrogens with one attached hydrogen (secondary N) is 2. The lowest BCUT2D eigenvalue weighted by molar-refractivity contribution is -0.126. The van der Waals surface area contributed by atoms with Gasteiger partial charge in [0.05, 0.1) is 19.8 Å². The first-order valence-corrected chi connectivity index (χ1v) is 14.6. The van der Waals surface area contributed by atoms with Gasteiger partial charge in [-0.3, -0.25) is 9.59 Å². The number of hydrogen-bond acceptors (Lipinski definition) is 7. The zero-order valence-electron chi connectivity index (χ0n) is 21.6. The molecular weight excluding hydrogens is 484 g/mol. The average molecular weight is 525 g/mol. The van der Waals surface area contributed by atoms with Crippen LogP contribution in [0.1, 0.15) is 50.9 Å². The highest BCUT2D eigenvalue weighted by atomic mass is 33.1. The molecule has 0 aliphatic carbocycles. The summed E-state index contributed by atoms with van der Waals surface area (Å²) in [6.07, 6.45) is 4.02. The Hall–Kier alpha value is -1.86. The summed E-state index contributed by atoms with van der Waals surface area (Å²) in [7, 11) is 3.12. The Morgan fingerprint density at radius 2 is 1.91 bits per heavy atom. The minimum absolute atomic E-state index is 0.0319. The molecule has 1 atom stereocenters. The van der Waals surface area contributed by atoms with Crippen LogP contribution in [0.15, 0.2) is 24.3 Å². The van der Waals surface area contributed by atoms with Crippen LogP contribution in [0, 0.1) is 23.7 Å². The van der Waals surface area contributed by atoms with Crippen LogP contribution in [0.2, 0.25) is 0 Å². The summed E-state index contributed by atoms with van der Waals surface area (Å²) in [4.78, 5) is 24.1. The molecule has 7 nitrogen and oxygen atoms in total. The van der Waals surface area contributed by atoms with E-state index in [2.05, 4.69) is 36.3 Å². The molecule has 2 N–H and O–H groups in total. The Morgan fingerprint density at radius 3 is 2.63 bits per heavy atom. The summed E-state index contributed by atoms with van der Waals surface area (Å²) < 4.78 is 17.1. The summed E-state index contributed by atoms with van der Waals surface area (Å²) in [5.41, 5.74) is 0.353. The second-order valence-electron chi connectivity index (χ2n) is 8.50. The summed E-state index contributed by atoms with van der Waals surface area (Å²) in [6, 6.07) is 7.15. The average Bonchev–Trinajstić information content (AvgIpc) is 2.82. The van der Waals surface area contributed by atoms with Crippen LogP contribution in [0.25, 0.3) is 0 Å². The van der Waals surface area contributed by atoms with Crippen LogP contribution in [0.5, 0.6) is 5.75 Å². The van der Waals surface area contributed by atoms with Gasteiger partial charge in [0.1, 0.15) is 24.4 Å². The van der Waals surface area contributed by atoms with Gasteiger partial charge in [0.2, 0.25) is 5.91 Å². The van der Waals surface area contributed by atoms with Crippen LogP contribution < -0.4 is 15.4 Å². The molecule has 1 aromatic rings. The third-order valence-electron chi connectivity index (χ3n) is 4.46. The minimum Gasteiger partial charge on any atom is -0.490 e. The molecular formula is C26H40N2O5S2. The van der Waals surface area contributed by atoms with Crippen molar-refractivity contribution < 1.29 is 23.8 Å². The van der Waals surface area contributed by atoms with Crippen molar-refractivity contribution in [1.29, 1.82) is 0 Å². The van der Waals surface area contributed by atoms with Crippen molar-refractivity contribution in [1.82, 2.24) is 10.6 Å². The predicted molar refractivity (Wildman–Crippen MR) is 146 cm³/mol. The molecule has 2 amide bonds. The first kappa shape index (κ1) is 31.2.